The number of likely N-dealkylation sites (tertiary alicyclic amines) is 1. The van der Waals surface area contributed by atoms with Crippen molar-refractivity contribution in [2.75, 3.05) is 20.3 Å². The number of nitro benzene ring substituents is 1. The molecule has 3 aromatic rings. The molecule has 9 nitrogen and oxygen atoms in total. The highest BCUT2D eigenvalue weighted by molar-refractivity contribution is 6.46. The Labute approximate surface area is 213 Å². The predicted molar refractivity (Wildman–Crippen MR) is 136 cm³/mol. The fourth-order valence-electron chi connectivity index (χ4n) is 4.29. The normalized spacial score (nSPS) is 16.7. The average molecular weight is 503 g/mol. The lowest BCUT2D eigenvalue weighted by Crippen LogP contribution is -2.32. The van der Waals surface area contributed by atoms with E-state index in [9.17, 15) is 24.8 Å². The number of ketones is 1. The van der Waals surface area contributed by atoms with Gasteiger partial charge in [0, 0.05) is 31.4 Å². The standard InChI is InChI=1S/C28H26N2O7/c1-18-5-3-6-19(15-18)17-37-23-11-9-20(10-12-23)26(31)24-25(21-7-4-8-22(16-21)30(34)35)29(13-14-36-2)28(33)27(24)32/h3-12,15-16,25,31H,13-14,17H2,1-2H3/b26-24+/t25-/m0/s1. The quantitative estimate of drug-likeness (QED) is 0.150. The predicted octanol–water partition coefficient (Wildman–Crippen LogP) is 4.55. The SMILES string of the molecule is COCCN1C(=O)C(=O)/C(=C(/O)c2ccc(OCc3cccc(C)c3)cc2)[C@@H]1c1cccc([N+](=O)[O-])c1. The van der Waals surface area contributed by atoms with Crippen LogP contribution in [0.25, 0.3) is 5.76 Å². The zero-order valence-corrected chi connectivity index (χ0v) is 20.4. The number of hydrogen-bond acceptors (Lipinski definition) is 7. The third-order valence-electron chi connectivity index (χ3n) is 6.09. The molecule has 1 aliphatic rings. The van der Waals surface area contributed by atoms with Gasteiger partial charge in [-0.15, -0.1) is 0 Å². The summed E-state index contributed by atoms with van der Waals surface area (Å²) in [5.41, 5.74) is 2.45. The lowest BCUT2D eigenvalue weighted by molar-refractivity contribution is -0.384. The number of methoxy groups -OCH3 is 1. The molecule has 9 heteroatoms. The summed E-state index contributed by atoms with van der Waals surface area (Å²) in [5, 5.41) is 22.5. The second kappa shape index (κ2) is 11.0. The summed E-state index contributed by atoms with van der Waals surface area (Å²) in [7, 11) is 1.46. The number of benzene rings is 3. The van der Waals surface area contributed by atoms with E-state index < -0.39 is 22.7 Å². The van der Waals surface area contributed by atoms with Crippen molar-refractivity contribution in [3.8, 4) is 5.75 Å². The van der Waals surface area contributed by atoms with Gasteiger partial charge in [0.1, 0.15) is 18.1 Å². The lowest BCUT2D eigenvalue weighted by atomic mass is 9.95. The number of Topliss-reactive ketones (excluding diaryl/α,β-unsaturated/α-hetero) is 1. The van der Waals surface area contributed by atoms with Gasteiger partial charge in [-0.3, -0.25) is 19.7 Å². The molecule has 0 bridgehead atoms. The first-order valence-electron chi connectivity index (χ1n) is 11.6. The van der Waals surface area contributed by atoms with Crippen LogP contribution in [0.4, 0.5) is 5.69 Å². The van der Waals surface area contributed by atoms with Crippen molar-refractivity contribution in [3.63, 3.8) is 0 Å². The van der Waals surface area contributed by atoms with Gasteiger partial charge in [-0.05, 0) is 42.3 Å². The molecule has 1 aliphatic heterocycles. The molecule has 0 aromatic heterocycles. The summed E-state index contributed by atoms with van der Waals surface area (Å²) in [4.78, 5) is 38.0. The smallest absolute Gasteiger partial charge is 0.295 e. The van der Waals surface area contributed by atoms with Crippen molar-refractivity contribution >= 4 is 23.1 Å². The zero-order valence-electron chi connectivity index (χ0n) is 20.4. The highest BCUT2D eigenvalue weighted by Crippen LogP contribution is 2.40. The van der Waals surface area contributed by atoms with Gasteiger partial charge in [0.2, 0.25) is 0 Å². The Balaban J connectivity index is 1.67. The van der Waals surface area contributed by atoms with Gasteiger partial charge in [-0.25, -0.2) is 0 Å². The Morgan fingerprint density at radius 3 is 2.46 bits per heavy atom. The molecule has 1 amide bonds. The first kappa shape index (κ1) is 25.6. The van der Waals surface area contributed by atoms with E-state index in [2.05, 4.69) is 0 Å². The molecule has 37 heavy (non-hydrogen) atoms. The fourth-order valence-corrected chi connectivity index (χ4v) is 4.29. The van der Waals surface area contributed by atoms with Crippen LogP contribution in [0.5, 0.6) is 5.75 Å². The van der Waals surface area contributed by atoms with Crippen molar-refractivity contribution in [2.45, 2.75) is 19.6 Å². The average Bonchev–Trinajstić information content (AvgIpc) is 3.15. The van der Waals surface area contributed by atoms with Crippen LogP contribution in [0.2, 0.25) is 0 Å². The van der Waals surface area contributed by atoms with E-state index in [1.807, 2.05) is 31.2 Å². The third kappa shape index (κ3) is 5.52. The summed E-state index contributed by atoms with van der Waals surface area (Å²) in [6.07, 6.45) is 0. The second-order valence-corrected chi connectivity index (χ2v) is 8.64. The number of rotatable bonds is 9. The van der Waals surface area contributed by atoms with Crippen LogP contribution in [0.1, 0.15) is 28.3 Å². The molecule has 1 atom stereocenters. The molecule has 1 saturated heterocycles. The van der Waals surface area contributed by atoms with Crippen LogP contribution in [0.3, 0.4) is 0 Å². The monoisotopic (exact) mass is 502 g/mol. The molecule has 3 aromatic carbocycles. The molecule has 0 spiro atoms. The molecular weight excluding hydrogens is 476 g/mol. The summed E-state index contributed by atoms with van der Waals surface area (Å²) < 4.78 is 10.9. The van der Waals surface area contributed by atoms with Crippen molar-refractivity contribution in [3.05, 3.63) is 111 Å². The topological polar surface area (TPSA) is 119 Å². The second-order valence-electron chi connectivity index (χ2n) is 8.64. The van der Waals surface area contributed by atoms with E-state index in [0.29, 0.717) is 23.5 Å². The molecule has 1 N–H and O–H groups in total. The molecule has 0 saturated carbocycles. The van der Waals surface area contributed by atoms with Crippen LogP contribution in [-0.2, 0) is 20.9 Å². The number of nitrogens with zero attached hydrogens (tertiary/aromatic N) is 2. The third-order valence-corrected chi connectivity index (χ3v) is 6.09. The van der Waals surface area contributed by atoms with Crippen LogP contribution in [0.15, 0.2) is 78.4 Å². The Hall–Kier alpha value is -4.50. The van der Waals surface area contributed by atoms with Gasteiger partial charge in [0.05, 0.1) is 23.1 Å². The molecule has 0 radical (unpaired) electrons. The number of non-ortho nitro benzene ring substituents is 1. The minimum absolute atomic E-state index is 0.0664. The van der Waals surface area contributed by atoms with Crippen molar-refractivity contribution < 1.29 is 29.1 Å². The van der Waals surface area contributed by atoms with Gasteiger partial charge in [-0.2, -0.15) is 0 Å². The number of nitro groups is 1. The molecule has 0 unspecified atom stereocenters. The van der Waals surface area contributed by atoms with Crippen molar-refractivity contribution in [1.82, 2.24) is 4.90 Å². The number of carbonyl (C=O) groups is 2. The zero-order chi connectivity index (χ0) is 26.5. The highest BCUT2D eigenvalue weighted by Gasteiger charge is 2.46. The van der Waals surface area contributed by atoms with Crippen LogP contribution in [0, 0.1) is 17.0 Å². The minimum atomic E-state index is -1.01. The number of hydrogen-bond donors (Lipinski definition) is 1. The highest BCUT2D eigenvalue weighted by atomic mass is 16.6. The summed E-state index contributed by atoms with van der Waals surface area (Å²) in [6, 6.07) is 19.1. The van der Waals surface area contributed by atoms with Crippen molar-refractivity contribution in [2.24, 2.45) is 0 Å². The first-order chi connectivity index (χ1) is 17.8. The van der Waals surface area contributed by atoms with E-state index in [-0.39, 0.29) is 30.2 Å². The van der Waals surface area contributed by atoms with E-state index in [4.69, 9.17) is 9.47 Å². The summed E-state index contributed by atoms with van der Waals surface area (Å²) >= 11 is 0. The Kier molecular flexibility index (Phi) is 7.64. The van der Waals surface area contributed by atoms with Crippen LogP contribution >= 0.6 is 0 Å². The van der Waals surface area contributed by atoms with E-state index in [0.717, 1.165) is 11.1 Å². The largest absolute Gasteiger partial charge is 0.507 e. The maximum atomic E-state index is 13.0. The molecule has 1 heterocycles. The number of aryl methyl sites for hydroxylation is 1. The van der Waals surface area contributed by atoms with E-state index in [1.165, 1.54) is 30.2 Å². The minimum Gasteiger partial charge on any atom is -0.507 e. The van der Waals surface area contributed by atoms with Gasteiger partial charge in [0.15, 0.2) is 0 Å². The summed E-state index contributed by atoms with van der Waals surface area (Å²) in [5.74, 6) is -1.49. The van der Waals surface area contributed by atoms with E-state index in [1.54, 1.807) is 30.3 Å². The Bertz CT molecular complexity index is 1360. The van der Waals surface area contributed by atoms with Gasteiger partial charge in [0.25, 0.3) is 17.4 Å². The van der Waals surface area contributed by atoms with Crippen molar-refractivity contribution in [1.29, 1.82) is 0 Å². The number of amides is 1. The fraction of sp³-hybridized carbons (Fsp3) is 0.214. The first-order valence-corrected chi connectivity index (χ1v) is 11.6. The Morgan fingerprint density at radius 1 is 1.05 bits per heavy atom. The van der Waals surface area contributed by atoms with Crippen LogP contribution in [-0.4, -0.2) is 46.9 Å². The molecule has 190 valence electrons. The molecule has 0 aliphatic carbocycles. The van der Waals surface area contributed by atoms with E-state index >= 15 is 0 Å². The maximum Gasteiger partial charge on any atom is 0.295 e. The molecular formula is C28H26N2O7. The number of ether oxygens (including phenoxy) is 2. The van der Waals surface area contributed by atoms with Gasteiger partial charge in [-0.1, -0.05) is 42.0 Å². The summed E-state index contributed by atoms with van der Waals surface area (Å²) in [6.45, 7) is 2.58. The number of aliphatic hydroxyl groups excluding tert-OH is 1. The lowest BCUT2D eigenvalue weighted by Gasteiger charge is -2.25. The van der Waals surface area contributed by atoms with Gasteiger partial charge >= 0.3 is 0 Å². The van der Waals surface area contributed by atoms with Crippen LogP contribution < -0.4 is 4.74 Å². The van der Waals surface area contributed by atoms with Gasteiger partial charge < -0.3 is 19.5 Å². The Morgan fingerprint density at radius 2 is 1.78 bits per heavy atom. The number of aliphatic hydroxyl groups is 1. The number of carbonyl (C=O) groups excluding carboxylic acids is 2. The maximum absolute atomic E-state index is 13.0. The molecule has 1 fully saturated rings. The molecule has 4 rings (SSSR count).